The fourth-order valence-electron chi connectivity index (χ4n) is 3.59. The number of carbonyl (C=O) groups excluding carboxylic acids is 2. The first-order chi connectivity index (χ1) is 9.70. The Kier molecular flexibility index (Phi) is 2.28. The maximum atomic E-state index is 12.8. The van der Waals surface area contributed by atoms with Crippen molar-refractivity contribution in [1.29, 1.82) is 0 Å². The molecule has 0 amide bonds. The molecule has 0 spiro atoms. The number of nitrogens with zero attached hydrogens (tertiary/aromatic N) is 1. The number of aromatic nitrogens is 1. The van der Waals surface area contributed by atoms with Gasteiger partial charge in [0.2, 0.25) is 0 Å². The van der Waals surface area contributed by atoms with Crippen LogP contribution in [0.1, 0.15) is 56.1 Å². The van der Waals surface area contributed by atoms with Crippen molar-refractivity contribution in [3.63, 3.8) is 0 Å². The average molecular weight is 265 g/mol. The molecule has 0 unspecified atom stereocenters. The van der Waals surface area contributed by atoms with Crippen molar-refractivity contribution in [1.82, 2.24) is 4.57 Å². The van der Waals surface area contributed by atoms with E-state index in [4.69, 9.17) is 0 Å². The SMILES string of the molecule is Cc1c2c(c3n1CCCC3)C(=O)c1ccccc1C2=O. The zero-order valence-corrected chi connectivity index (χ0v) is 11.4. The van der Waals surface area contributed by atoms with Crippen molar-refractivity contribution in [3.8, 4) is 0 Å². The van der Waals surface area contributed by atoms with Gasteiger partial charge in [0.1, 0.15) is 0 Å². The van der Waals surface area contributed by atoms with Gasteiger partial charge in [-0.1, -0.05) is 24.3 Å². The van der Waals surface area contributed by atoms with Crippen molar-refractivity contribution in [2.75, 3.05) is 0 Å². The molecule has 0 saturated carbocycles. The van der Waals surface area contributed by atoms with E-state index in [0.717, 1.165) is 37.2 Å². The van der Waals surface area contributed by atoms with Gasteiger partial charge in [0.25, 0.3) is 0 Å². The average Bonchev–Trinajstić information content (AvgIpc) is 2.79. The quantitative estimate of drug-likeness (QED) is 0.627. The highest BCUT2D eigenvalue weighted by Crippen LogP contribution is 2.35. The lowest BCUT2D eigenvalue weighted by Crippen LogP contribution is -2.21. The van der Waals surface area contributed by atoms with Gasteiger partial charge in [0.05, 0.1) is 11.1 Å². The van der Waals surface area contributed by atoms with E-state index in [1.807, 2.05) is 19.1 Å². The molecule has 0 atom stereocenters. The molecule has 100 valence electrons. The summed E-state index contributed by atoms with van der Waals surface area (Å²) in [6.45, 7) is 2.89. The first-order valence-corrected chi connectivity index (χ1v) is 7.10. The predicted molar refractivity (Wildman–Crippen MR) is 75.4 cm³/mol. The van der Waals surface area contributed by atoms with Gasteiger partial charge < -0.3 is 4.57 Å². The molecular formula is C17H15NO2. The minimum Gasteiger partial charge on any atom is -0.347 e. The Hall–Kier alpha value is -2.16. The lowest BCUT2D eigenvalue weighted by Gasteiger charge is -2.18. The molecule has 0 N–H and O–H groups in total. The van der Waals surface area contributed by atoms with Gasteiger partial charge in [-0.2, -0.15) is 0 Å². The molecule has 1 aliphatic heterocycles. The fraction of sp³-hybridized carbons (Fsp3) is 0.294. The predicted octanol–water partition coefficient (Wildman–Crippen LogP) is 2.91. The molecule has 2 aromatic rings. The normalized spacial score (nSPS) is 16.6. The minimum absolute atomic E-state index is 0.00889. The third-order valence-electron chi connectivity index (χ3n) is 4.55. The van der Waals surface area contributed by atoms with E-state index >= 15 is 0 Å². The second-order valence-electron chi connectivity index (χ2n) is 5.59. The summed E-state index contributed by atoms with van der Waals surface area (Å²) in [6.07, 6.45) is 3.12. The number of rotatable bonds is 0. The Morgan fingerprint density at radius 2 is 1.60 bits per heavy atom. The highest BCUT2D eigenvalue weighted by atomic mass is 16.1. The van der Waals surface area contributed by atoms with Gasteiger partial charge in [0, 0.05) is 29.1 Å². The molecule has 3 nitrogen and oxygen atoms in total. The fourth-order valence-corrected chi connectivity index (χ4v) is 3.59. The van der Waals surface area contributed by atoms with Gasteiger partial charge in [0.15, 0.2) is 11.6 Å². The molecule has 1 aromatic carbocycles. The number of fused-ring (bicyclic) bond motifs is 4. The van der Waals surface area contributed by atoms with Gasteiger partial charge in [-0.15, -0.1) is 0 Å². The Bertz CT molecular complexity index is 768. The van der Waals surface area contributed by atoms with E-state index in [9.17, 15) is 9.59 Å². The summed E-state index contributed by atoms with van der Waals surface area (Å²) in [5, 5.41) is 0. The standard InChI is InChI=1S/C17H15NO2/c1-10-14-15(13-8-4-5-9-18(10)13)17(20)12-7-3-2-6-11(12)16(14)19/h2-3,6-7H,4-5,8-9H2,1H3. The zero-order chi connectivity index (χ0) is 13.9. The monoisotopic (exact) mass is 265 g/mol. The first kappa shape index (κ1) is 11.6. The molecule has 20 heavy (non-hydrogen) atoms. The van der Waals surface area contributed by atoms with Crippen molar-refractivity contribution in [3.05, 3.63) is 57.9 Å². The van der Waals surface area contributed by atoms with Crippen LogP contribution in [0.4, 0.5) is 0 Å². The third kappa shape index (κ3) is 1.30. The summed E-state index contributed by atoms with van der Waals surface area (Å²) < 4.78 is 2.18. The molecule has 1 aliphatic carbocycles. The van der Waals surface area contributed by atoms with E-state index in [-0.39, 0.29) is 11.6 Å². The van der Waals surface area contributed by atoms with E-state index in [0.29, 0.717) is 22.3 Å². The summed E-state index contributed by atoms with van der Waals surface area (Å²) in [4.78, 5) is 25.5. The maximum absolute atomic E-state index is 12.8. The first-order valence-electron chi connectivity index (χ1n) is 7.10. The second kappa shape index (κ2) is 3.92. The van der Waals surface area contributed by atoms with Gasteiger partial charge in [-0.3, -0.25) is 9.59 Å². The summed E-state index contributed by atoms with van der Waals surface area (Å²) in [6, 6.07) is 7.17. The van der Waals surface area contributed by atoms with Crippen LogP contribution in [0.25, 0.3) is 0 Å². The van der Waals surface area contributed by atoms with E-state index in [1.165, 1.54) is 0 Å². The molecule has 0 fully saturated rings. The lowest BCUT2D eigenvalue weighted by atomic mass is 9.84. The van der Waals surface area contributed by atoms with Crippen molar-refractivity contribution < 1.29 is 9.59 Å². The number of hydrogen-bond acceptors (Lipinski definition) is 2. The molecule has 0 bridgehead atoms. The minimum atomic E-state index is 0.00889. The van der Waals surface area contributed by atoms with Gasteiger partial charge in [-0.25, -0.2) is 0 Å². The van der Waals surface area contributed by atoms with Crippen LogP contribution in [0.2, 0.25) is 0 Å². The van der Waals surface area contributed by atoms with Crippen LogP contribution in [-0.2, 0) is 13.0 Å². The van der Waals surface area contributed by atoms with Crippen molar-refractivity contribution in [2.24, 2.45) is 0 Å². The van der Waals surface area contributed by atoms with Crippen LogP contribution in [0.3, 0.4) is 0 Å². The number of hydrogen-bond donors (Lipinski definition) is 0. The Morgan fingerprint density at radius 1 is 0.950 bits per heavy atom. The Balaban J connectivity index is 2.06. The Labute approximate surface area is 117 Å². The van der Waals surface area contributed by atoms with E-state index in [1.54, 1.807) is 12.1 Å². The van der Waals surface area contributed by atoms with Gasteiger partial charge >= 0.3 is 0 Å². The molecule has 3 heteroatoms. The highest BCUT2D eigenvalue weighted by Gasteiger charge is 2.36. The second-order valence-corrected chi connectivity index (χ2v) is 5.59. The van der Waals surface area contributed by atoms with Crippen LogP contribution in [0, 0.1) is 6.92 Å². The zero-order valence-electron chi connectivity index (χ0n) is 11.4. The van der Waals surface area contributed by atoms with E-state index in [2.05, 4.69) is 4.57 Å². The molecule has 0 radical (unpaired) electrons. The lowest BCUT2D eigenvalue weighted by molar-refractivity contribution is 0.0979. The molecule has 2 aliphatic rings. The highest BCUT2D eigenvalue weighted by molar-refractivity contribution is 6.29. The van der Waals surface area contributed by atoms with Crippen molar-refractivity contribution >= 4 is 11.6 Å². The molecule has 4 rings (SSSR count). The number of carbonyl (C=O) groups is 2. The van der Waals surface area contributed by atoms with Crippen LogP contribution < -0.4 is 0 Å². The molecule has 0 saturated heterocycles. The maximum Gasteiger partial charge on any atom is 0.196 e. The molecular weight excluding hydrogens is 250 g/mol. The van der Waals surface area contributed by atoms with Crippen LogP contribution >= 0.6 is 0 Å². The smallest absolute Gasteiger partial charge is 0.196 e. The summed E-state index contributed by atoms with van der Waals surface area (Å²) in [7, 11) is 0. The van der Waals surface area contributed by atoms with Crippen LogP contribution in [0.5, 0.6) is 0 Å². The summed E-state index contributed by atoms with van der Waals surface area (Å²) >= 11 is 0. The van der Waals surface area contributed by atoms with Gasteiger partial charge in [-0.05, 0) is 26.2 Å². The number of ketones is 2. The van der Waals surface area contributed by atoms with Crippen LogP contribution in [-0.4, -0.2) is 16.1 Å². The Morgan fingerprint density at radius 3 is 2.30 bits per heavy atom. The van der Waals surface area contributed by atoms with Crippen molar-refractivity contribution in [2.45, 2.75) is 32.7 Å². The number of benzene rings is 1. The molecule has 2 heterocycles. The topological polar surface area (TPSA) is 39.1 Å². The van der Waals surface area contributed by atoms with E-state index < -0.39 is 0 Å². The summed E-state index contributed by atoms with van der Waals surface area (Å²) in [5.41, 5.74) is 4.45. The molecule has 1 aromatic heterocycles. The van der Waals surface area contributed by atoms with Crippen LogP contribution in [0.15, 0.2) is 24.3 Å². The largest absolute Gasteiger partial charge is 0.347 e. The summed E-state index contributed by atoms with van der Waals surface area (Å²) in [5.74, 6) is 0.0311. The third-order valence-corrected chi connectivity index (χ3v) is 4.55.